The number of hydrogen-bond acceptors (Lipinski definition) is 5. The largest absolute Gasteiger partial charge is 0.450 e. The van der Waals surface area contributed by atoms with Crippen LogP contribution in [0.15, 0.2) is 29.3 Å². The Hall–Kier alpha value is -2.31. The van der Waals surface area contributed by atoms with Crippen LogP contribution in [0.25, 0.3) is 0 Å². The third kappa shape index (κ3) is 8.20. The smallest absolute Gasteiger partial charge is 0.409 e. The fourth-order valence-corrected chi connectivity index (χ4v) is 3.97. The Morgan fingerprint density at radius 1 is 1.09 bits per heavy atom. The Balaban J connectivity index is 0.00000385. The van der Waals surface area contributed by atoms with E-state index >= 15 is 0 Å². The van der Waals surface area contributed by atoms with E-state index in [0.717, 1.165) is 31.6 Å². The number of carbonyl (C=O) groups is 2. The molecule has 2 heterocycles. The van der Waals surface area contributed by atoms with Gasteiger partial charge >= 0.3 is 6.09 Å². The molecule has 0 spiro atoms. The maximum absolute atomic E-state index is 13.1. The van der Waals surface area contributed by atoms with Crippen LogP contribution in [-0.2, 0) is 9.53 Å². The van der Waals surface area contributed by atoms with Gasteiger partial charge in [-0.3, -0.25) is 9.79 Å². The van der Waals surface area contributed by atoms with Crippen molar-refractivity contribution >= 4 is 47.6 Å². The minimum Gasteiger partial charge on any atom is -0.450 e. The molecule has 1 aromatic rings. The summed E-state index contributed by atoms with van der Waals surface area (Å²) in [5, 5.41) is 3.18. The number of nitrogens with zero attached hydrogens (tertiary/aromatic N) is 4. The van der Waals surface area contributed by atoms with Crippen LogP contribution >= 0.6 is 24.0 Å². The number of amides is 2. The highest BCUT2D eigenvalue weighted by Crippen LogP contribution is 2.17. The van der Waals surface area contributed by atoms with Gasteiger partial charge in [0.1, 0.15) is 5.82 Å². The quantitative estimate of drug-likeness (QED) is 0.305. The SMILES string of the molecule is CCOC(=O)N1CCC(NC(N)=NCCC(=O)N2CCN(c3ccc(F)cc3)CC2)CC1.I. The number of anilines is 1. The molecule has 0 atom stereocenters. The molecule has 0 aliphatic carbocycles. The molecule has 3 N–H and O–H groups in total. The van der Waals surface area contributed by atoms with Gasteiger partial charge in [-0.25, -0.2) is 9.18 Å². The number of likely N-dealkylation sites (tertiary alicyclic amines) is 1. The summed E-state index contributed by atoms with van der Waals surface area (Å²) < 4.78 is 18.1. The van der Waals surface area contributed by atoms with Gasteiger partial charge in [0, 0.05) is 57.4 Å². The van der Waals surface area contributed by atoms with Gasteiger partial charge in [-0.1, -0.05) is 0 Å². The van der Waals surface area contributed by atoms with Crippen molar-refractivity contribution in [3.8, 4) is 0 Å². The van der Waals surface area contributed by atoms with Crippen LogP contribution in [0.5, 0.6) is 0 Å². The maximum atomic E-state index is 13.1. The number of carbonyl (C=O) groups excluding carboxylic acids is 2. The molecule has 184 valence electrons. The van der Waals surface area contributed by atoms with Crippen LogP contribution in [0.1, 0.15) is 26.2 Å². The molecule has 0 saturated carbocycles. The Labute approximate surface area is 211 Å². The summed E-state index contributed by atoms with van der Waals surface area (Å²) in [6.45, 7) is 6.43. The molecule has 2 aliphatic heterocycles. The number of rotatable bonds is 6. The van der Waals surface area contributed by atoms with Crippen molar-refractivity contribution < 1.29 is 18.7 Å². The van der Waals surface area contributed by atoms with Gasteiger partial charge in [0.05, 0.1) is 13.2 Å². The lowest BCUT2D eigenvalue weighted by Gasteiger charge is -2.36. The molecule has 2 amide bonds. The first kappa shape index (κ1) is 26.9. The fraction of sp³-hybridized carbons (Fsp3) is 0.591. The number of halogens is 2. The van der Waals surface area contributed by atoms with Crippen molar-refractivity contribution in [1.29, 1.82) is 0 Å². The molecule has 11 heteroatoms. The molecule has 33 heavy (non-hydrogen) atoms. The van der Waals surface area contributed by atoms with Crippen LogP contribution in [0.2, 0.25) is 0 Å². The van der Waals surface area contributed by atoms with Gasteiger partial charge in [-0.15, -0.1) is 24.0 Å². The standard InChI is InChI=1S/C22H33FN6O3.HI/c1-2-32-22(31)29-11-8-18(9-12-29)26-21(24)25-10-7-20(30)28-15-13-27(14-16-28)19-5-3-17(23)4-6-19;/h3-6,18H,2,7-16H2,1H3,(H3,24,25,26);1H. The van der Waals surface area contributed by atoms with Gasteiger partial charge in [0.25, 0.3) is 0 Å². The highest BCUT2D eigenvalue weighted by atomic mass is 127. The third-order valence-corrected chi connectivity index (χ3v) is 5.80. The van der Waals surface area contributed by atoms with E-state index in [2.05, 4.69) is 15.2 Å². The first-order valence-electron chi connectivity index (χ1n) is 11.2. The monoisotopic (exact) mass is 576 g/mol. The molecule has 9 nitrogen and oxygen atoms in total. The molecule has 2 fully saturated rings. The third-order valence-electron chi connectivity index (χ3n) is 5.80. The lowest BCUT2D eigenvalue weighted by molar-refractivity contribution is -0.131. The number of nitrogens with two attached hydrogens (primary N) is 1. The summed E-state index contributed by atoms with van der Waals surface area (Å²) in [5.41, 5.74) is 6.95. The zero-order valence-corrected chi connectivity index (χ0v) is 21.4. The predicted molar refractivity (Wildman–Crippen MR) is 136 cm³/mol. The highest BCUT2D eigenvalue weighted by molar-refractivity contribution is 14.0. The molecule has 3 rings (SSSR count). The van der Waals surface area contributed by atoms with E-state index in [0.29, 0.717) is 51.7 Å². The molecule has 2 saturated heterocycles. The van der Waals surface area contributed by atoms with Crippen molar-refractivity contribution in [3.63, 3.8) is 0 Å². The molecule has 0 unspecified atom stereocenters. The lowest BCUT2D eigenvalue weighted by Crippen LogP contribution is -2.49. The number of benzene rings is 1. The number of guanidine groups is 1. The minimum atomic E-state index is -0.274. The van der Waals surface area contributed by atoms with Crippen LogP contribution in [-0.4, -0.2) is 86.2 Å². The number of ether oxygens (including phenoxy) is 1. The average Bonchev–Trinajstić information content (AvgIpc) is 2.80. The van der Waals surface area contributed by atoms with Crippen molar-refractivity contribution in [3.05, 3.63) is 30.1 Å². The van der Waals surface area contributed by atoms with E-state index in [1.807, 2.05) is 4.90 Å². The van der Waals surface area contributed by atoms with E-state index in [1.165, 1.54) is 12.1 Å². The van der Waals surface area contributed by atoms with Gasteiger partial charge < -0.3 is 30.5 Å². The molecule has 0 radical (unpaired) electrons. The first-order chi connectivity index (χ1) is 15.5. The number of nitrogens with one attached hydrogen (secondary N) is 1. The second-order valence-electron chi connectivity index (χ2n) is 7.97. The second-order valence-corrected chi connectivity index (χ2v) is 7.97. The van der Waals surface area contributed by atoms with E-state index < -0.39 is 0 Å². The summed E-state index contributed by atoms with van der Waals surface area (Å²) in [5.74, 6) is 0.135. The van der Waals surface area contributed by atoms with E-state index in [-0.39, 0.29) is 47.8 Å². The highest BCUT2D eigenvalue weighted by Gasteiger charge is 2.24. The summed E-state index contributed by atoms with van der Waals surface area (Å²) in [6.07, 6.45) is 1.57. The van der Waals surface area contributed by atoms with Crippen LogP contribution in [0, 0.1) is 5.82 Å². The van der Waals surface area contributed by atoms with Gasteiger partial charge in [0.15, 0.2) is 5.96 Å². The van der Waals surface area contributed by atoms with Crippen molar-refractivity contribution in [1.82, 2.24) is 15.1 Å². The Kier molecular flexibility index (Phi) is 10.9. The first-order valence-corrected chi connectivity index (χ1v) is 11.2. The molecular formula is C22H34FIN6O3. The Morgan fingerprint density at radius 3 is 2.33 bits per heavy atom. The summed E-state index contributed by atoms with van der Waals surface area (Å²) in [4.78, 5) is 34.2. The lowest BCUT2D eigenvalue weighted by atomic mass is 10.1. The van der Waals surface area contributed by atoms with Crippen molar-refractivity contribution in [2.45, 2.75) is 32.2 Å². The number of hydrogen-bond donors (Lipinski definition) is 2. The number of piperazine rings is 1. The maximum Gasteiger partial charge on any atom is 0.409 e. The van der Waals surface area contributed by atoms with E-state index in [9.17, 15) is 14.0 Å². The molecule has 0 bridgehead atoms. The molecule has 0 aromatic heterocycles. The van der Waals surface area contributed by atoms with Crippen LogP contribution in [0.3, 0.4) is 0 Å². The zero-order chi connectivity index (χ0) is 22.9. The Morgan fingerprint density at radius 2 is 1.73 bits per heavy atom. The number of piperidine rings is 1. The van der Waals surface area contributed by atoms with Crippen molar-refractivity contribution in [2.24, 2.45) is 10.7 Å². The topological polar surface area (TPSA) is 104 Å². The summed E-state index contributed by atoms with van der Waals surface area (Å²) in [6, 6.07) is 6.58. The van der Waals surface area contributed by atoms with E-state index in [4.69, 9.17) is 10.5 Å². The normalized spacial score (nSPS) is 17.4. The summed E-state index contributed by atoms with van der Waals surface area (Å²) in [7, 11) is 0. The zero-order valence-electron chi connectivity index (χ0n) is 19.0. The predicted octanol–water partition coefficient (Wildman–Crippen LogP) is 2.01. The van der Waals surface area contributed by atoms with E-state index in [1.54, 1.807) is 24.0 Å². The van der Waals surface area contributed by atoms with Gasteiger partial charge in [-0.05, 0) is 44.0 Å². The van der Waals surface area contributed by atoms with Gasteiger partial charge in [-0.2, -0.15) is 0 Å². The van der Waals surface area contributed by atoms with Gasteiger partial charge in [0.2, 0.25) is 5.91 Å². The Bertz CT molecular complexity index is 794. The molecule has 2 aliphatic rings. The fourth-order valence-electron chi connectivity index (χ4n) is 3.97. The van der Waals surface area contributed by atoms with Crippen molar-refractivity contribution in [2.75, 3.05) is 57.3 Å². The minimum absolute atomic E-state index is 0. The molecule has 1 aromatic carbocycles. The second kappa shape index (κ2) is 13.4. The summed E-state index contributed by atoms with van der Waals surface area (Å²) >= 11 is 0. The van der Waals surface area contributed by atoms with Crippen LogP contribution < -0.4 is 16.0 Å². The number of aliphatic imine (C=N–C) groups is 1. The van der Waals surface area contributed by atoms with Crippen LogP contribution in [0.4, 0.5) is 14.9 Å². The average molecular weight is 576 g/mol. The molecular weight excluding hydrogens is 542 g/mol.